The second kappa shape index (κ2) is 4.86. The summed E-state index contributed by atoms with van der Waals surface area (Å²) >= 11 is 1.28. The first-order chi connectivity index (χ1) is 9.65. The standard InChI is InChI=1S/C13H9N3O3S/c1-8-11(12-7-20-15-14-12)6-13(19-8)9-2-4-10(5-3-9)16(17)18/h2-7H,1H3. The van der Waals surface area contributed by atoms with Crippen molar-refractivity contribution in [1.82, 2.24) is 9.59 Å². The molecule has 0 aliphatic heterocycles. The molecule has 100 valence electrons. The van der Waals surface area contributed by atoms with Crippen molar-refractivity contribution in [2.24, 2.45) is 0 Å². The average Bonchev–Trinajstić information content (AvgIpc) is 3.07. The van der Waals surface area contributed by atoms with Crippen LogP contribution in [-0.2, 0) is 0 Å². The minimum Gasteiger partial charge on any atom is -0.461 e. The summed E-state index contributed by atoms with van der Waals surface area (Å²) in [6.07, 6.45) is 0. The van der Waals surface area contributed by atoms with E-state index in [0.29, 0.717) is 5.76 Å². The second-order valence-corrected chi connectivity index (χ2v) is 4.78. The normalized spacial score (nSPS) is 10.7. The van der Waals surface area contributed by atoms with Crippen LogP contribution in [0.2, 0.25) is 0 Å². The summed E-state index contributed by atoms with van der Waals surface area (Å²) in [4.78, 5) is 10.2. The van der Waals surface area contributed by atoms with Crippen molar-refractivity contribution in [2.75, 3.05) is 0 Å². The number of nitro groups is 1. The number of hydrogen-bond donors (Lipinski definition) is 0. The predicted octanol–water partition coefficient (Wildman–Crippen LogP) is 3.68. The highest BCUT2D eigenvalue weighted by Gasteiger charge is 2.14. The highest BCUT2D eigenvalue weighted by molar-refractivity contribution is 7.03. The maximum Gasteiger partial charge on any atom is 0.269 e. The third-order valence-corrected chi connectivity index (χ3v) is 3.42. The molecule has 3 aromatic rings. The number of hydrogen-bond acceptors (Lipinski definition) is 6. The molecule has 0 atom stereocenters. The van der Waals surface area contributed by atoms with Crippen molar-refractivity contribution in [2.45, 2.75) is 6.92 Å². The van der Waals surface area contributed by atoms with Crippen LogP contribution < -0.4 is 0 Å². The molecule has 0 unspecified atom stereocenters. The summed E-state index contributed by atoms with van der Waals surface area (Å²) in [5, 5.41) is 16.5. The fraction of sp³-hybridized carbons (Fsp3) is 0.0769. The summed E-state index contributed by atoms with van der Waals surface area (Å²) in [6.45, 7) is 1.85. The summed E-state index contributed by atoms with van der Waals surface area (Å²) in [7, 11) is 0. The molecule has 3 rings (SSSR count). The Labute approximate surface area is 118 Å². The summed E-state index contributed by atoms with van der Waals surface area (Å²) < 4.78 is 9.52. The van der Waals surface area contributed by atoms with E-state index in [1.165, 1.54) is 23.7 Å². The van der Waals surface area contributed by atoms with Gasteiger partial charge in [0.25, 0.3) is 5.69 Å². The number of aryl methyl sites for hydroxylation is 1. The van der Waals surface area contributed by atoms with Gasteiger partial charge in [0.15, 0.2) is 0 Å². The SMILES string of the molecule is Cc1oc(-c2ccc([N+](=O)[O-])cc2)cc1-c1csnn1. The van der Waals surface area contributed by atoms with Crippen molar-refractivity contribution in [3.05, 3.63) is 51.6 Å². The van der Waals surface area contributed by atoms with Gasteiger partial charge in [-0.3, -0.25) is 10.1 Å². The monoisotopic (exact) mass is 287 g/mol. The Morgan fingerprint density at radius 3 is 2.65 bits per heavy atom. The van der Waals surface area contributed by atoms with Crippen LogP contribution in [0.25, 0.3) is 22.6 Å². The van der Waals surface area contributed by atoms with Gasteiger partial charge in [-0.1, -0.05) is 4.49 Å². The quantitative estimate of drug-likeness (QED) is 0.542. The summed E-state index contributed by atoms with van der Waals surface area (Å²) in [5.74, 6) is 1.39. The molecule has 0 radical (unpaired) electrons. The molecule has 20 heavy (non-hydrogen) atoms. The third kappa shape index (κ3) is 2.19. The van der Waals surface area contributed by atoms with Crippen molar-refractivity contribution in [3.63, 3.8) is 0 Å². The summed E-state index contributed by atoms with van der Waals surface area (Å²) in [5.41, 5.74) is 2.49. The zero-order chi connectivity index (χ0) is 14.1. The first-order valence-electron chi connectivity index (χ1n) is 5.78. The lowest BCUT2D eigenvalue weighted by molar-refractivity contribution is -0.384. The molecule has 1 aromatic carbocycles. The lowest BCUT2D eigenvalue weighted by Crippen LogP contribution is -1.86. The van der Waals surface area contributed by atoms with E-state index in [4.69, 9.17) is 4.42 Å². The number of non-ortho nitro benzene ring substituents is 1. The van der Waals surface area contributed by atoms with E-state index < -0.39 is 4.92 Å². The van der Waals surface area contributed by atoms with Crippen LogP contribution in [0, 0.1) is 17.0 Å². The van der Waals surface area contributed by atoms with E-state index in [-0.39, 0.29) is 5.69 Å². The van der Waals surface area contributed by atoms with Gasteiger partial charge >= 0.3 is 0 Å². The Morgan fingerprint density at radius 1 is 1.30 bits per heavy atom. The molecule has 0 aliphatic rings. The Morgan fingerprint density at radius 2 is 2.05 bits per heavy atom. The number of nitrogens with zero attached hydrogens (tertiary/aromatic N) is 3. The maximum atomic E-state index is 10.6. The molecule has 0 amide bonds. The fourth-order valence-electron chi connectivity index (χ4n) is 1.91. The zero-order valence-electron chi connectivity index (χ0n) is 10.4. The van der Waals surface area contributed by atoms with Crippen LogP contribution in [0.4, 0.5) is 5.69 Å². The van der Waals surface area contributed by atoms with Gasteiger partial charge < -0.3 is 4.42 Å². The molecule has 7 heteroatoms. The number of furan rings is 1. The molecule has 0 N–H and O–H groups in total. The van der Waals surface area contributed by atoms with Gasteiger partial charge in [0.05, 0.1) is 4.92 Å². The molecule has 0 saturated heterocycles. The van der Waals surface area contributed by atoms with E-state index in [1.807, 2.05) is 18.4 Å². The molecule has 0 aliphatic carbocycles. The van der Waals surface area contributed by atoms with Crippen molar-refractivity contribution < 1.29 is 9.34 Å². The highest BCUT2D eigenvalue weighted by Crippen LogP contribution is 2.32. The molecule has 2 aromatic heterocycles. The lowest BCUT2D eigenvalue weighted by Gasteiger charge is -1.95. The molecule has 6 nitrogen and oxygen atoms in total. The minimum atomic E-state index is -0.427. The Balaban J connectivity index is 1.99. The number of benzene rings is 1. The average molecular weight is 287 g/mol. The topological polar surface area (TPSA) is 82.1 Å². The van der Waals surface area contributed by atoms with Crippen LogP contribution in [0.15, 0.2) is 40.1 Å². The van der Waals surface area contributed by atoms with E-state index in [1.54, 1.807) is 12.1 Å². The molecule has 0 spiro atoms. The maximum absolute atomic E-state index is 10.6. The van der Waals surface area contributed by atoms with Crippen LogP contribution in [0.5, 0.6) is 0 Å². The number of rotatable bonds is 3. The molecule has 0 saturated carbocycles. The summed E-state index contributed by atoms with van der Waals surface area (Å²) in [6, 6.07) is 8.11. The third-order valence-electron chi connectivity index (χ3n) is 2.92. The van der Waals surface area contributed by atoms with Crippen LogP contribution in [-0.4, -0.2) is 14.5 Å². The van der Waals surface area contributed by atoms with Crippen molar-refractivity contribution in [1.29, 1.82) is 0 Å². The number of nitro benzene ring substituents is 1. The Kier molecular flexibility index (Phi) is 3.03. The fourth-order valence-corrected chi connectivity index (χ4v) is 2.36. The molecular formula is C13H9N3O3S. The van der Waals surface area contributed by atoms with Gasteiger partial charge in [0.2, 0.25) is 0 Å². The number of aromatic nitrogens is 2. The Hall–Kier alpha value is -2.54. The van der Waals surface area contributed by atoms with E-state index in [0.717, 1.165) is 22.6 Å². The molecule has 2 heterocycles. The smallest absolute Gasteiger partial charge is 0.269 e. The van der Waals surface area contributed by atoms with E-state index in [9.17, 15) is 10.1 Å². The highest BCUT2D eigenvalue weighted by atomic mass is 32.1. The molecule has 0 fully saturated rings. The molecule has 0 bridgehead atoms. The van der Waals surface area contributed by atoms with Gasteiger partial charge in [0, 0.05) is 28.6 Å². The first-order valence-corrected chi connectivity index (χ1v) is 6.61. The van der Waals surface area contributed by atoms with Gasteiger partial charge in [-0.2, -0.15) is 0 Å². The second-order valence-electron chi connectivity index (χ2n) is 4.17. The first kappa shape index (κ1) is 12.5. The van der Waals surface area contributed by atoms with Gasteiger partial charge in [-0.15, -0.1) is 5.10 Å². The van der Waals surface area contributed by atoms with Crippen molar-refractivity contribution >= 4 is 17.2 Å². The molecular weight excluding hydrogens is 278 g/mol. The minimum absolute atomic E-state index is 0.0564. The van der Waals surface area contributed by atoms with Gasteiger partial charge in [0.1, 0.15) is 17.2 Å². The van der Waals surface area contributed by atoms with E-state index in [2.05, 4.69) is 9.59 Å². The zero-order valence-corrected chi connectivity index (χ0v) is 11.3. The van der Waals surface area contributed by atoms with Gasteiger partial charge in [-0.05, 0) is 36.7 Å². The van der Waals surface area contributed by atoms with Crippen LogP contribution >= 0.6 is 11.5 Å². The van der Waals surface area contributed by atoms with Crippen LogP contribution in [0.1, 0.15) is 5.76 Å². The van der Waals surface area contributed by atoms with E-state index >= 15 is 0 Å². The van der Waals surface area contributed by atoms with Crippen molar-refractivity contribution in [3.8, 4) is 22.6 Å². The lowest BCUT2D eigenvalue weighted by atomic mass is 10.1. The van der Waals surface area contributed by atoms with Gasteiger partial charge in [-0.25, -0.2) is 0 Å². The predicted molar refractivity (Wildman–Crippen MR) is 74.4 cm³/mol. The largest absolute Gasteiger partial charge is 0.461 e. The van der Waals surface area contributed by atoms with Crippen LogP contribution in [0.3, 0.4) is 0 Å². The Bertz CT molecular complexity index is 748.